The maximum atomic E-state index is 12.1. The van der Waals surface area contributed by atoms with Gasteiger partial charge in [-0.3, -0.25) is 9.59 Å². The first-order valence-corrected chi connectivity index (χ1v) is 8.39. The van der Waals surface area contributed by atoms with Crippen LogP contribution in [0.15, 0.2) is 48.5 Å². The summed E-state index contributed by atoms with van der Waals surface area (Å²) in [5.74, 6) is -0.197. The van der Waals surface area contributed by atoms with E-state index in [4.69, 9.17) is 11.6 Å². The molecule has 0 aliphatic carbocycles. The zero-order valence-corrected chi connectivity index (χ0v) is 14.0. The minimum atomic E-state index is -0.152. The summed E-state index contributed by atoms with van der Waals surface area (Å²) >= 11 is 5.83. The highest BCUT2D eigenvalue weighted by atomic mass is 35.5. The molecule has 0 unspecified atom stereocenters. The molecule has 2 aromatic carbocycles. The molecule has 1 aliphatic rings. The predicted molar refractivity (Wildman–Crippen MR) is 94.8 cm³/mol. The van der Waals surface area contributed by atoms with E-state index in [0.29, 0.717) is 30.8 Å². The summed E-state index contributed by atoms with van der Waals surface area (Å²) in [6.45, 7) is 0.468. The minimum absolute atomic E-state index is 0.000740. The number of carbonyl (C=O) groups is 2. The Balaban J connectivity index is 1.48. The maximum Gasteiger partial charge on any atom is 0.227 e. The highest BCUT2D eigenvalue weighted by Crippen LogP contribution is 2.27. The number of hydrogen-bond donors (Lipinski definition) is 2. The summed E-state index contributed by atoms with van der Waals surface area (Å²) in [7, 11) is 0. The largest absolute Gasteiger partial charge is 0.352 e. The van der Waals surface area contributed by atoms with Crippen LogP contribution < -0.4 is 10.6 Å². The molecular weight excluding hydrogens is 324 g/mol. The third-order valence-corrected chi connectivity index (χ3v) is 4.49. The second kappa shape index (κ2) is 7.49. The first-order valence-electron chi connectivity index (χ1n) is 8.02. The van der Waals surface area contributed by atoms with Crippen molar-refractivity contribution in [3.63, 3.8) is 0 Å². The van der Waals surface area contributed by atoms with Gasteiger partial charge in [-0.25, -0.2) is 0 Å². The van der Waals surface area contributed by atoms with Crippen LogP contribution in [0.1, 0.15) is 24.0 Å². The van der Waals surface area contributed by atoms with E-state index in [-0.39, 0.29) is 17.7 Å². The van der Waals surface area contributed by atoms with Crippen molar-refractivity contribution in [2.24, 2.45) is 5.92 Å². The fourth-order valence-electron chi connectivity index (χ4n) is 2.84. The van der Waals surface area contributed by atoms with Crippen molar-refractivity contribution in [2.45, 2.75) is 25.8 Å². The molecule has 5 heteroatoms. The van der Waals surface area contributed by atoms with E-state index in [1.54, 1.807) is 12.1 Å². The number of halogens is 1. The molecule has 2 amide bonds. The lowest BCUT2D eigenvalue weighted by Crippen LogP contribution is -2.31. The van der Waals surface area contributed by atoms with Gasteiger partial charge in [0.15, 0.2) is 0 Å². The normalized spacial score (nSPS) is 16.2. The quantitative estimate of drug-likeness (QED) is 0.873. The number of carbonyl (C=O) groups excluding carboxylic acids is 2. The van der Waals surface area contributed by atoms with Crippen LogP contribution in [0.5, 0.6) is 0 Å². The average molecular weight is 343 g/mol. The van der Waals surface area contributed by atoms with Gasteiger partial charge >= 0.3 is 0 Å². The van der Waals surface area contributed by atoms with Crippen molar-refractivity contribution in [1.29, 1.82) is 0 Å². The number of benzene rings is 2. The first kappa shape index (κ1) is 16.5. The molecular formula is C19H19ClN2O2. The average Bonchev–Trinajstić information content (AvgIpc) is 2.59. The Morgan fingerprint density at radius 2 is 1.92 bits per heavy atom. The van der Waals surface area contributed by atoms with Gasteiger partial charge in [0.1, 0.15) is 0 Å². The van der Waals surface area contributed by atoms with E-state index < -0.39 is 0 Å². The molecule has 0 saturated carbocycles. The van der Waals surface area contributed by atoms with E-state index in [2.05, 4.69) is 10.6 Å². The predicted octanol–water partition coefficient (Wildman–Crippen LogP) is 3.55. The van der Waals surface area contributed by atoms with E-state index in [1.165, 1.54) is 0 Å². The molecule has 0 bridgehead atoms. The molecule has 0 spiro atoms. The lowest BCUT2D eigenvalue weighted by atomic mass is 9.89. The lowest BCUT2D eigenvalue weighted by molar-refractivity contribution is -0.122. The molecule has 0 radical (unpaired) electrons. The number of rotatable bonds is 5. The van der Waals surface area contributed by atoms with Crippen molar-refractivity contribution in [1.82, 2.24) is 5.32 Å². The Bertz CT molecular complexity index is 743. The molecule has 24 heavy (non-hydrogen) atoms. The number of amides is 2. The van der Waals surface area contributed by atoms with Gasteiger partial charge in [-0.05, 0) is 42.2 Å². The molecule has 4 nitrogen and oxygen atoms in total. The van der Waals surface area contributed by atoms with Crippen LogP contribution in [-0.4, -0.2) is 11.8 Å². The van der Waals surface area contributed by atoms with Gasteiger partial charge in [-0.2, -0.15) is 0 Å². The third kappa shape index (κ3) is 4.15. The number of nitrogens with one attached hydrogen (secondary N) is 2. The molecule has 0 saturated heterocycles. The highest BCUT2D eigenvalue weighted by Gasteiger charge is 2.26. The van der Waals surface area contributed by atoms with Gasteiger partial charge < -0.3 is 10.6 Å². The van der Waals surface area contributed by atoms with Crippen molar-refractivity contribution in [3.8, 4) is 0 Å². The summed E-state index contributed by atoms with van der Waals surface area (Å²) < 4.78 is 0. The SMILES string of the molecule is O=C(CC[C@@H]1Cc2ccccc2NC1=O)NCc1ccc(Cl)cc1. The van der Waals surface area contributed by atoms with Crippen molar-refractivity contribution in [2.75, 3.05) is 5.32 Å². The Kier molecular flexibility index (Phi) is 5.16. The van der Waals surface area contributed by atoms with E-state index in [0.717, 1.165) is 16.8 Å². The standard InChI is InChI=1S/C19H19ClN2O2/c20-16-8-5-13(6-9-16)12-21-18(23)10-7-15-11-14-3-1-2-4-17(14)22-19(15)24/h1-6,8-9,15H,7,10-12H2,(H,21,23)(H,22,24)/t15-/m1/s1. The van der Waals surface area contributed by atoms with E-state index in [1.807, 2.05) is 36.4 Å². The van der Waals surface area contributed by atoms with Crippen LogP contribution >= 0.6 is 11.6 Å². The minimum Gasteiger partial charge on any atom is -0.352 e. The number of hydrogen-bond acceptors (Lipinski definition) is 2. The highest BCUT2D eigenvalue weighted by molar-refractivity contribution is 6.30. The summed E-state index contributed by atoms with van der Waals surface area (Å²) in [6.07, 6.45) is 1.58. The molecule has 124 valence electrons. The van der Waals surface area contributed by atoms with Crippen LogP contribution in [0.3, 0.4) is 0 Å². The fourth-order valence-corrected chi connectivity index (χ4v) is 2.97. The zero-order chi connectivity index (χ0) is 16.9. The van der Waals surface area contributed by atoms with Crippen LogP contribution in [0.25, 0.3) is 0 Å². The number of fused-ring (bicyclic) bond motifs is 1. The van der Waals surface area contributed by atoms with Crippen LogP contribution in [-0.2, 0) is 22.6 Å². The molecule has 1 aliphatic heterocycles. The fraction of sp³-hybridized carbons (Fsp3) is 0.263. The van der Waals surface area contributed by atoms with Crippen LogP contribution in [0.2, 0.25) is 5.02 Å². The van der Waals surface area contributed by atoms with Gasteiger partial charge in [0.2, 0.25) is 11.8 Å². The molecule has 1 heterocycles. The molecule has 1 atom stereocenters. The first-order chi connectivity index (χ1) is 11.6. The number of anilines is 1. The Labute approximate surface area is 146 Å². The molecule has 0 fully saturated rings. The summed E-state index contributed by atoms with van der Waals surface area (Å²) in [4.78, 5) is 24.1. The summed E-state index contributed by atoms with van der Waals surface area (Å²) in [5, 5.41) is 6.47. The molecule has 0 aromatic heterocycles. The van der Waals surface area contributed by atoms with Crippen molar-refractivity contribution >= 4 is 29.1 Å². The second-order valence-corrected chi connectivity index (χ2v) is 6.43. The van der Waals surface area contributed by atoms with Gasteiger partial charge in [-0.15, -0.1) is 0 Å². The van der Waals surface area contributed by atoms with Crippen LogP contribution in [0.4, 0.5) is 5.69 Å². The summed E-state index contributed by atoms with van der Waals surface area (Å²) in [5.41, 5.74) is 3.01. The number of para-hydroxylation sites is 1. The second-order valence-electron chi connectivity index (χ2n) is 5.99. The van der Waals surface area contributed by atoms with Crippen LogP contribution in [0, 0.1) is 5.92 Å². The van der Waals surface area contributed by atoms with Gasteiger partial charge in [0, 0.05) is 29.6 Å². The summed E-state index contributed by atoms with van der Waals surface area (Å²) in [6, 6.07) is 15.2. The monoisotopic (exact) mass is 342 g/mol. The molecule has 2 aromatic rings. The van der Waals surface area contributed by atoms with Gasteiger partial charge in [0.25, 0.3) is 0 Å². The zero-order valence-electron chi connectivity index (χ0n) is 13.2. The Morgan fingerprint density at radius 1 is 1.17 bits per heavy atom. The van der Waals surface area contributed by atoms with Gasteiger partial charge in [-0.1, -0.05) is 41.9 Å². The topological polar surface area (TPSA) is 58.2 Å². The molecule has 2 N–H and O–H groups in total. The van der Waals surface area contributed by atoms with Crippen molar-refractivity contribution < 1.29 is 9.59 Å². The lowest BCUT2D eigenvalue weighted by Gasteiger charge is -2.24. The van der Waals surface area contributed by atoms with Gasteiger partial charge in [0.05, 0.1) is 0 Å². The Morgan fingerprint density at radius 3 is 2.71 bits per heavy atom. The smallest absolute Gasteiger partial charge is 0.227 e. The van der Waals surface area contributed by atoms with Crippen molar-refractivity contribution in [3.05, 3.63) is 64.7 Å². The molecule has 3 rings (SSSR count). The Hall–Kier alpha value is -2.33. The van der Waals surface area contributed by atoms with E-state index in [9.17, 15) is 9.59 Å². The maximum absolute atomic E-state index is 12.1. The van der Waals surface area contributed by atoms with E-state index >= 15 is 0 Å². The third-order valence-electron chi connectivity index (χ3n) is 4.24.